The zero-order valence-corrected chi connectivity index (χ0v) is 17.5. The van der Waals surface area contributed by atoms with Crippen molar-refractivity contribution < 1.29 is 14.2 Å². The normalized spacial score (nSPS) is 15.4. The van der Waals surface area contributed by atoms with Gasteiger partial charge >= 0.3 is 0 Å². The molecule has 6 heteroatoms. The molecule has 0 atom stereocenters. The van der Waals surface area contributed by atoms with Crippen molar-refractivity contribution in [2.75, 3.05) is 40.0 Å². The van der Waals surface area contributed by atoms with Crippen molar-refractivity contribution in [3.63, 3.8) is 0 Å². The van der Waals surface area contributed by atoms with Crippen LogP contribution in [0.1, 0.15) is 51.0 Å². The van der Waals surface area contributed by atoms with Crippen LogP contribution in [0, 0.1) is 0 Å². The van der Waals surface area contributed by atoms with Crippen LogP contribution in [0.15, 0.2) is 29.3 Å². The van der Waals surface area contributed by atoms with E-state index in [1.807, 2.05) is 0 Å². The van der Waals surface area contributed by atoms with Crippen molar-refractivity contribution in [2.24, 2.45) is 4.99 Å². The van der Waals surface area contributed by atoms with Crippen molar-refractivity contribution in [1.82, 2.24) is 10.6 Å². The van der Waals surface area contributed by atoms with Gasteiger partial charge in [-0.25, -0.2) is 4.99 Å². The van der Waals surface area contributed by atoms with E-state index in [1.54, 1.807) is 7.11 Å². The van der Waals surface area contributed by atoms with E-state index in [9.17, 15) is 0 Å². The molecule has 0 saturated heterocycles. The first-order valence-corrected chi connectivity index (χ1v) is 10.7. The van der Waals surface area contributed by atoms with Crippen molar-refractivity contribution in [3.05, 3.63) is 29.8 Å². The van der Waals surface area contributed by atoms with Crippen LogP contribution in [0.3, 0.4) is 0 Å². The van der Waals surface area contributed by atoms with Crippen LogP contribution in [0.5, 0.6) is 5.75 Å². The van der Waals surface area contributed by atoms with E-state index in [-0.39, 0.29) is 0 Å². The van der Waals surface area contributed by atoms with Crippen LogP contribution < -0.4 is 15.4 Å². The number of nitrogens with one attached hydrogen (secondary N) is 2. The number of guanidine groups is 1. The molecule has 1 aliphatic rings. The molecule has 1 aliphatic carbocycles. The van der Waals surface area contributed by atoms with Crippen LogP contribution in [-0.2, 0) is 16.0 Å². The molecular formula is C22H37N3O3. The third kappa shape index (κ3) is 9.42. The molecule has 1 saturated carbocycles. The SMILES string of the molecule is CCNC(=NCc1ccc(OC2CCCCC2)cc1)NCCCOCCOC. The molecule has 0 radical (unpaired) electrons. The Balaban J connectivity index is 1.71. The average molecular weight is 392 g/mol. The topological polar surface area (TPSA) is 64.1 Å². The molecule has 1 fully saturated rings. The Labute approximate surface area is 170 Å². The highest BCUT2D eigenvalue weighted by atomic mass is 16.5. The largest absolute Gasteiger partial charge is 0.490 e. The summed E-state index contributed by atoms with van der Waals surface area (Å²) in [5, 5.41) is 6.63. The Morgan fingerprint density at radius 1 is 1.04 bits per heavy atom. The molecule has 6 nitrogen and oxygen atoms in total. The molecule has 0 unspecified atom stereocenters. The van der Waals surface area contributed by atoms with Crippen LogP contribution in [0.4, 0.5) is 0 Å². The van der Waals surface area contributed by atoms with Gasteiger partial charge in [0, 0.05) is 26.8 Å². The smallest absolute Gasteiger partial charge is 0.191 e. The summed E-state index contributed by atoms with van der Waals surface area (Å²) in [5.74, 6) is 1.81. The van der Waals surface area contributed by atoms with Gasteiger partial charge in [0.2, 0.25) is 0 Å². The molecule has 0 heterocycles. The van der Waals surface area contributed by atoms with Crippen LogP contribution in [0.2, 0.25) is 0 Å². The second-order valence-electron chi connectivity index (χ2n) is 7.10. The van der Waals surface area contributed by atoms with Crippen molar-refractivity contribution in [2.45, 2.75) is 58.1 Å². The molecule has 0 aliphatic heterocycles. The van der Waals surface area contributed by atoms with E-state index in [4.69, 9.17) is 14.2 Å². The van der Waals surface area contributed by atoms with Crippen molar-refractivity contribution in [3.8, 4) is 5.75 Å². The van der Waals surface area contributed by atoms with Gasteiger partial charge in [0.05, 0.1) is 25.9 Å². The second-order valence-corrected chi connectivity index (χ2v) is 7.10. The van der Waals surface area contributed by atoms with E-state index in [0.29, 0.717) is 25.9 Å². The van der Waals surface area contributed by atoms with Crippen molar-refractivity contribution >= 4 is 5.96 Å². The number of aliphatic imine (C=N–C) groups is 1. The van der Waals surface area contributed by atoms with Gasteiger partial charge in [-0.3, -0.25) is 0 Å². The minimum atomic E-state index is 0.389. The minimum Gasteiger partial charge on any atom is -0.490 e. The molecule has 28 heavy (non-hydrogen) atoms. The molecule has 0 spiro atoms. The van der Waals surface area contributed by atoms with Gasteiger partial charge in [-0.2, -0.15) is 0 Å². The molecule has 2 N–H and O–H groups in total. The summed E-state index contributed by atoms with van der Waals surface area (Å²) >= 11 is 0. The van der Waals surface area contributed by atoms with E-state index in [1.165, 1.54) is 37.7 Å². The van der Waals surface area contributed by atoms with Crippen LogP contribution >= 0.6 is 0 Å². The van der Waals surface area contributed by atoms with Gasteiger partial charge in [0.1, 0.15) is 5.75 Å². The monoisotopic (exact) mass is 391 g/mol. The Kier molecular flexibility index (Phi) is 11.4. The molecule has 1 aromatic carbocycles. The first-order chi connectivity index (χ1) is 13.8. The maximum atomic E-state index is 6.09. The lowest BCUT2D eigenvalue weighted by atomic mass is 9.98. The maximum Gasteiger partial charge on any atom is 0.191 e. The van der Waals surface area contributed by atoms with Crippen molar-refractivity contribution in [1.29, 1.82) is 0 Å². The molecule has 0 amide bonds. The number of methoxy groups -OCH3 is 1. The van der Waals surface area contributed by atoms with Gasteiger partial charge < -0.3 is 24.8 Å². The standard InChI is InChI=1S/C22H37N3O3/c1-3-23-22(24-14-7-15-27-17-16-26-2)25-18-19-10-12-21(13-11-19)28-20-8-5-4-6-9-20/h10-13,20H,3-9,14-18H2,1-2H3,(H2,23,24,25). The number of rotatable bonds is 12. The van der Waals surface area contributed by atoms with Gasteiger partial charge in [-0.05, 0) is 56.7 Å². The predicted molar refractivity (Wildman–Crippen MR) is 114 cm³/mol. The maximum absolute atomic E-state index is 6.09. The summed E-state index contributed by atoms with van der Waals surface area (Å²) in [5.41, 5.74) is 1.18. The first-order valence-electron chi connectivity index (χ1n) is 10.7. The lowest BCUT2D eigenvalue weighted by Crippen LogP contribution is -2.38. The molecule has 0 aromatic heterocycles. The van der Waals surface area contributed by atoms with Gasteiger partial charge in [0.25, 0.3) is 0 Å². The second kappa shape index (κ2) is 14.2. The zero-order valence-electron chi connectivity index (χ0n) is 17.5. The summed E-state index contributed by atoms with van der Waals surface area (Å²) in [4.78, 5) is 4.67. The predicted octanol–water partition coefficient (Wildman–Crippen LogP) is 3.51. The highest BCUT2D eigenvalue weighted by Gasteiger charge is 2.14. The summed E-state index contributed by atoms with van der Waals surface area (Å²) < 4.78 is 16.5. The third-order valence-corrected chi connectivity index (χ3v) is 4.73. The van der Waals surface area contributed by atoms with Gasteiger partial charge in [0.15, 0.2) is 5.96 Å². The highest BCUT2D eigenvalue weighted by molar-refractivity contribution is 5.79. The summed E-state index contributed by atoms with van der Waals surface area (Å²) in [6.07, 6.45) is 7.61. The first kappa shape index (κ1) is 22.5. The minimum absolute atomic E-state index is 0.389. The van der Waals surface area contributed by atoms with E-state index in [0.717, 1.165) is 37.8 Å². The number of hydrogen-bond acceptors (Lipinski definition) is 4. The fourth-order valence-electron chi connectivity index (χ4n) is 3.19. The van der Waals surface area contributed by atoms with E-state index in [2.05, 4.69) is 46.8 Å². The quantitative estimate of drug-likeness (QED) is 0.324. The molecule has 2 rings (SSSR count). The summed E-state index contributed by atoms with van der Waals surface area (Å²) in [6, 6.07) is 8.35. The number of benzene rings is 1. The molecular weight excluding hydrogens is 354 g/mol. The van der Waals surface area contributed by atoms with Crippen LogP contribution in [0.25, 0.3) is 0 Å². The van der Waals surface area contributed by atoms with Gasteiger partial charge in [-0.1, -0.05) is 18.6 Å². The number of nitrogens with zero attached hydrogens (tertiary/aromatic N) is 1. The zero-order chi connectivity index (χ0) is 19.9. The Morgan fingerprint density at radius 3 is 2.54 bits per heavy atom. The Morgan fingerprint density at radius 2 is 1.82 bits per heavy atom. The molecule has 0 bridgehead atoms. The number of hydrogen-bond donors (Lipinski definition) is 2. The fraction of sp³-hybridized carbons (Fsp3) is 0.682. The van der Waals surface area contributed by atoms with E-state index >= 15 is 0 Å². The lowest BCUT2D eigenvalue weighted by molar-refractivity contribution is 0.0698. The summed E-state index contributed by atoms with van der Waals surface area (Å²) in [6.45, 7) is 6.38. The van der Waals surface area contributed by atoms with Crippen LogP contribution in [-0.4, -0.2) is 52.1 Å². The fourth-order valence-corrected chi connectivity index (χ4v) is 3.19. The lowest BCUT2D eigenvalue weighted by Gasteiger charge is -2.23. The molecule has 158 valence electrons. The summed E-state index contributed by atoms with van der Waals surface area (Å²) in [7, 11) is 1.68. The van der Waals surface area contributed by atoms with E-state index < -0.39 is 0 Å². The third-order valence-electron chi connectivity index (χ3n) is 4.73. The Bertz CT molecular complexity index is 542. The van der Waals surface area contributed by atoms with Gasteiger partial charge in [-0.15, -0.1) is 0 Å². The average Bonchev–Trinajstić information content (AvgIpc) is 2.73. The Hall–Kier alpha value is -1.79. The highest BCUT2D eigenvalue weighted by Crippen LogP contribution is 2.23. The molecule has 1 aromatic rings. The number of ether oxygens (including phenoxy) is 3.